The van der Waals surface area contributed by atoms with Crippen molar-refractivity contribution in [3.8, 4) is 5.75 Å². The Kier molecular flexibility index (Phi) is 4.31. The highest BCUT2D eigenvalue weighted by Gasteiger charge is 2.09. The van der Waals surface area contributed by atoms with E-state index < -0.39 is 0 Å². The van der Waals surface area contributed by atoms with E-state index in [1.165, 1.54) is 13.4 Å². The Labute approximate surface area is 93.4 Å². The van der Waals surface area contributed by atoms with Gasteiger partial charge in [0.2, 0.25) is 11.7 Å². The number of carbonyl (C=O) groups excluding carboxylic acids is 1. The van der Waals surface area contributed by atoms with Crippen molar-refractivity contribution in [3.05, 3.63) is 6.33 Å². The first kappa shape index (κ1) is 12.0. The van der Waals surface area contributed by atoms with Crippen LogP contribution in [0.15, 0.2) is 6.33 Å². The smallest absolute Gasteiger partial charge is 0.239 e. The molecule has 0 aliphatic carbocycles. The average molecular weight is 225 g/mol. The summed E-state index contributed by atoms with van der Waals surface area (Å²) in [5.74, 6) is 0.852. The molecule has 0 aliphatic heterocycles. The standard InChI is InChI=1S/C9H15N5O2/c1-3-11-6(15)4-12-9-7(16-2)8(10)13-5-14-9/h5H,3-4H2,1-2H3,(H,11,15)(H3,10,12,13,14). The van der Waals surface area contributed by atoms with Gasteiger partial charge in [0.15, 0.2) is 11.6 Å². The van der Waals surface area contributed by atoms with Crippen molar-refractivity contribution in [1.82, 2.24) is 15.3 Å². The molecule has 0 fully saturated rings. The molecule has 7 heteroatoms. The first-order chi connectivity index (χ1) is 7.69. The second-order valence-corrected chi connectivity index (χ2v) is 2.95. The molecule has 4 N–H and O–H groups in total. The van der Waals surface area contributed by atoms with Gasteiger partial charge in [0.1, 0.15) is 6.33 Å². The molecule has 1 rings (SSSR count). The van der Waals surface area contributed by atoms with Crippen LogP contribution in [-0.4, -0.2) is 36.1 Å². The molecule has 16 heavy (non-hydrogen) atoms. The molecule has 1 amide bonds. The summed E-state index contributed by atoms with van der Waals surface area (Å²) < 4.78 is 5.02. The molecule has 0 saturated heterocycles. The Hall–Kier alpha value is -2.05. The number of rotatable bonds is 5. The zero-order valence-corrected chi connectivity index (χ0v) is 9.28. The lowest BCUT2D eigenvalue weighted by Crippen LogP contribution is -2.29. The number of nitrogens with zero attached hydrogens (tertiary/aromatic N) is 2. The van der Waals surface area contributed by atoms with Crippen LogP contribution in [0.3, 0.4) is 0 Å². The third kappa shape index (κ3) is 2.97. The van der Waals surface area contributed by atoms with Gasteiger partial charge in [-0.25, -0.2) is 9.97 Å². The maximum atomic E-state index is 11.2. The van der Waals surface area contributed by atoms with Crippen LogP contribution in [0, 0.1) is 0 Å². The molecule has 0 bridgehead atoms. The van der Waals surface area contributed by atoms with E-state index in [1.54, 1.807) is 0 Å². The number of nitrogens with one attached hydrogen (secondary N) is 2. The number of amides is 1. The van der Waals surface area contributed by atoms with Crippen molar-refractivity contribution in [2.75, 3.05) is 31.2 Å². The van der Waals surface area contributed by atoms with Crippen molar-refractivity contribution in [3.63, 3.8) is 0 Å². The molecule has 0 spiro atoms. The van der Waals surface area contributed by atoms with E-state index in [1.807, 2.05) is 6.92 Å². The van der Waals surface area contributed by atoms with Gasteiger partial charge in [0.25, 0.3) is 0 Å². The first-order valence-electron chi connectivity index (χ1n) is 4.84. The maximum absolute atomic E-state index is 11.2. The van der Waals surface area contributed by atoms with Gasteiger partial charge in [-0.3, -0.25) is 4.79 Å². The molecule has 0 radical (unpaired) electrons. The molecule has 1 heterocycles. The fraction of sp³-hybridized carbons (Fsp3) is 0.444. The van der Waals surface area contributed by atoms with Crippen molar-refractivity contribution in [2.45, 2.75) is 6.92 Å². The Morgan fingerprint density at radius 1 is 1.56 bits per heavy atom. The lowest BCUT2D eigenvalue weighted by atomic mass is 10.4. The van der Waals surface area contributed by atoms with E-state index in [4.69, 9.17) is 10.5 Å². The number of carbonyl (C=O) groups is 1. The summed E-state index contributed by atoms with van der Waals surface area (Å²) in [6, 6.07) is 0. The lowest BCUT2D eigenvalue weighted by Gasteiger charge is -2.10. The highest BCUT2D eigenvalue weighted by Crippen LogP contribution is 2.25. The summed E-state index contributed by atoms with van der Waals surface area (Å²) in [5.41, 5.74) is 5.58. The highest BCUT2D eigenvalue weighted by molar-refractivity contribution is 5.81. The van der Waals surface area contributed by atoms with Crippen LogP contribution < -0.4 is 21.1 Å². The fourth-order valence-corrected chi connectivity index (χ4v) is 1.14. The number of anilines is 2. The number of nitrogens with two attached hydrogens (primary N) is 1. The number of likely N-dealkylation sites (N-methyl/N-ethyl adjacent to an activating group) is 1. The molecular formula is C9H15N5O2. The summed E-state index contributed by atoms with van der Waals surface area (Å²) in [5, 5.41) is 5.47. The van der Waals surface area contributed by atoms with Crippen molar-refractivity contribution in [2.24, 2.45) is 0 Å². The number of hydrogen-bond donors (Lipinski definition) is 3. The lowest BCUT2D eigenvalue weighted by molar-refractivity contribution is -0.119. The monoisotopic (exact) mass is 225 g/mol. The highest BCUT2D eigenvalue weighted by atomic mass is 16.5. The third-order valence-electron chi connectivity index (χ3n) is 1.83. The Balaban J connectivity index is 2.66. The van der Waals surface area contributed by atoms with E-state index in [9.17, 15) is 4.79 Å². The fourth-order valence-electron chi connectivity index (χ4n) is 1.14. The van der Waals surface area contributed by atoms with Gasteiger partial charge in [0, 0.05) is 6.54 Å². The zero-order valence-electron chi connectivity index (χ0n) is 9.28. The maximum Gasteiger partial charge on any atom is 0.239 e. The minimum Gasteiger partial charge on any atom is -0.490 e. The number of methoxy groups -OCH3 is 1. The number of hydrogen-bond acceptors (Lipinski definition) is 6. The molecule has 0 aromatic carbocycles. The Morgan fingerprint density at radius 2 is 2.31 bits per heavy atom. The van der Waals surface area contributed by atoms with E-state index in [-0.39, 0.29) is 18.3 Å². The van der Waals surface area contributed by atoms with Crippen LogP contribution in [0.2, 0.25) is 0 Å². The van der Waals surface area contributed by atoms with Crippen molar-refractivity contribution < 1.29 is 9.53 Å². The average Bonchev–Trinajstić information content (AvgIpc) is 2.27. The Morgan fingerprint density at radius 3 is 2.94 bits per heavy atom. The minimum absolute atomic E-state index is 0.112. The van der Waals surface area contributed by atoms with E-state index >= 15 is 0 Å². The van der Waals surface area contributed by atoms with Gasteiger partial charge in [-0.05, 0) is 6.92 Å². The largest absolute Gasteiger partial charge is 0.490 e. The molecule has 0 unspecified atom stereocenters. The van der Waals surface area contributed by atoms with Crippen LogP contribution in [0.25, 0.3) is 0 Å². The number of aromatic nitrogens is 2. The first-order valence-corrected chi connectivity index (χ1v) is 4.84. The van der Waals surface area contributed by atoms with Gasteiger partial charge >= 0.3 is 0 Å². The molecule has 88 valence electrons. The summed E-state index contributed by atoms with van der Waals surface area (Å²) in [6.45, 7) is 2.55. The molecule has 1 aromatic rings. The molecule has 0 aliphatic rings. The molecule has 0 saturated carbocycles. The summed E-state index contributed by atoms with van der Waals surface area (Å²) in [7, 11) is 1.46. The molecule has 7 nitrogen and oxygen atoms in total. The van der Waals surface area contributed by atoms with Crippen LogP contribution in [0.4, 0.5) is 11.6 Å². The quantitative estimate of drug-likeness (QED) is 0.631. The van der Waals surface area contributed by atoms with E-state index in [0.29, 0.717) is 18.1 Å². The van der Waals surface area contributed by atoms with Gasteiger partial charge in [0.05, 0.1) is 13.7 Å². The summed E-state index contributed by atoms with van der Waals surface area (Å²) >= 11 is 0. The van der Waals surface area contributed by atoms with Crippen molar-refractivity contribution in [1.29, 1.82) is 0 Å². The minimum atomic E-state index is -0.123. The van der Waals surface area contributed by atoms with Crippen molar-refractivity contribution >= 4 is 17.5 Å². The molecular weight excluding hydrogens is 210 g/mol. The van der Waals surface area contributed by atoms with Crippen LogP contribution in [0.5, 0.6) is 5.75 Å². The second-order valence-electron chi connectivity index (χ2n) is 2.95. The number of ether oxygens (including phenoxy) is 1. The topological polar surface area (TPSA) is 102 Å². The SMILES string of the molecule is CCNC(=O)CNc1ncnc(N)c1OC. The second kappa shape index (κ2) is 5.74. The van der Waals surface area contributed by atoms with Crippen LogP contribution in [-0.2, 0) is 4.79 Å². The van der Waals surface area contributed by atoms with Gasteiger partial charge in [-0.1, -0.05) is 0 Å². The predicted molar refractivity (Wildman–Crippen MR) is 60.2 cm³/mol. The summed E-state index contributed by atoms with van der Waals surface area (Å²) in [6.07, 6.45) is 1.30. The normalized spacial score (nSPS) is 9.62. The predicted octanol–water partition coefficient (Wildman–Crippen LogP) is -0.385. The molecule has 1 aromatic heterocycles. The van der Waals surface area contributed by atoms with E-state index in [0.717, 1.165) is 0 Å². The zero-order chi connectivity index (χ0) is 12.0. The van der Waals surface area contributed by atoms with Crippen LogP contribution in [0.1, 0.15) is 6.92 Å². The summed E-state index contributed by atoms with van der Waals surface area (Å²) in [4.78, 5) is 18.9. The molecule has 0 atom stereocenters. The van der Waals surface area contributed by atoms with Gasteiger partial charge < -0.3 is 21.1 Å². The third-order valence-corrected chi connectivity index (χ3v) is 1.83. The Bertz CT molecular complexity index is 369. The number of nitrogen functional groups attached to an aromatic ring is 1. The van der Waals surface area contributed by atoms with Gasteiger partial charge in [-0.15, -0.1) is 0 Å². The van der Waals surface area contributed by atoms with E-state index in [2.05, 4.69) is 20.6 Å². The van der Waals surface area contributed by atoms with Crippen LogP contribution >= 0.6 is 0 Å². The van der Waals surface area contributed by atoms with Gasteiger partial charge in [-0.2, -0.15) is 0 Å².